The topological polar surface area (TPSA) is 74.8 Å². The largest absolute Gasteiger partial charge is 0.364 e. The molecule has 2 aromatic heterocycles. The SMILES string of the molecule is Cc1cc(=O)c(C(=O)Nc2ccc3ncccc3c2)c[nH]1. The molecule has 0 saturated heterocycles. The molecule has 3 aromatic rings. The van der Waals surface area contributed by atoms with Crippen molar-refractivity contribution in [3.05, 3.63) is 70.3 Å². The number of amides is 1. The van der Waals surface area contributed by atoms with Crippen molar-refractivity contribution < 1.29 is 4.79 Å². The first-order valence-corrected chi connectivity index (χ1v) is 6.49. The number of pyridine rings is 2. The van der Waals surface area contributed by atoms with Crippen LogP contribution >= 0.6 is 0 Å². The van der Waals surface area contributed by atoms with Crippen LogP contribution in [0.5, 0.6) is 0 Å². The van der Waals surface area contributed by atoms with Gasteiger partial charge in [0.05, 0.1) is 5.52 Å². The average molecular weight is 279 g/mol. The average Bonchev–Trinajstić information content (AvgIpc) is 2.47. The molecule has 0 radical (unpaired) electrons. The molecule has 1 aromatic carbocycles. The van der Waals surface area contributed by atoms with Crippen molar-refractivity contribution in [2.24, 2.45) is 0 Å². The highest BCUT2D eigenvalue weighted by Crippen LogP contribution is 2.17. The van der Waals surface area contributed by atoms with E-state index in [0.29, 0.717) is 11.4 Å². The number of hydrogen-bond acceptors (Lipinski definition) is 3. The highest BCUT2D eigenvalue weighted by atomic mass is 16.2. The number of benzene rings is 1. The Morgan fingerprint density at radius 2 is 2.10 bits per heavy atom. The Balaban J connectivity index is 1.90. The van der Waals surface area contributed by atoms with E-state index in [1.807, 2.05) is 24.3 Å². The highest BCUT2D eigenvalue weighted by molar-refractivity contribution is 6.04. The van der Waals surface area contributed by atoms with Gasteiger partial charge in [-0.15, -0.1) is 0 Å². The zero-order chi connectivity index (χ0) is 14.8. The smallest absolute Gasteiger partial charge is 0.261 e. The molecular weight excluding hydrogens is 266 g/mol. The zero-order valence-electron chi connectivity index (χ0n) is 11.4. The summed E-state index contributed by atoms with van der Waals surface area (Å²) >= 11 is 0. The Labute approximate surface area is 120 Å². The first kappa shape index (κ1) is 13.1. The molecule has 2 N–H and O–H groups in total. The number of nitrogens with one attached hydrogen (secondary N) is 2. The van der Waals surface area contributed by atoms with Gasteiger partial charge >= 0.3 is 0 Å². The van der Waals surface area contributed by atoms with Crippen LogP contribution in [0.25, 0.3) is 10.9 Å². The van der Waals surface area contributed by atoms with E-state index in [1.54, 1.807) is 19.2 Å². The third-order valence-corrected chi connectivity index (χ3v) is 3.16. The number of hydrogen-bond donors (Lipinski definition) is 2. The summed E-state index contributed by atoms with van der Waals surface area (Å²) < 4.78 is 0. The first-order valence-electron chi connectivity index (χ1n) is 6.49. The van der Waals surface area contributed by atoms with Crippen LogP contribution in [0.2, 0.25) is 0 Å². The van der Waals surface area contributed by atoms with Gasteiger partial charge in [-0.3, -0.25) is 14.6 Å². The number of aromatic amines is 1. The predicted molar refractivity (Wildman–Crippen MR) is 81.5 cm³/mol. The summed E-state index contributed by atoms with van der Waals surface area (Å²) in [7, 11) is 0. The second kappa shape index (κ2) is 5.20. The Kier molecular flexibility index (Phi) is 3.23. The van der Waals surface area contributed by atoms with E-state index in [1.165, 1.54) is 12.3 Å². The van der Waals surface area contributed by atoms with Crippen molar-refractivity contribution in [2.75, 3.05) is 5.32 Å². The van der Waals surface area contributed by atoms with Crippen LogP contribution in [0.4, 0.5) is 5.69 Å². The molecule has 0 bridgehead atoms. The maximum Gasteiger partial charge on any atom is 0.261 e. The first-order chi connectivity index (χ1) is 10.1. The second-order valence-corrected chi connectivity index (χ2v) is 4.76. The van der Waals surface area contributed by atoms with Gasteiger partial charge in [-0.25, -0.2) is 0 Å². The lowest BCUT2D eigenvalue weighted by atomic mass is 10.2. The molecule has 2 heterocycles. The van der Waals surface area contributed by atoms with E-state index >= 15 is 0 Å². The maximum absolute atomic E-state index is 12.1. The van der Waals surface area contributed by atoms with Gasteiger partial charge in [0.25, 0.3) is 5.91 Å². The molecule has 0 aliphatic heterocycles. The molecule has 0 atom stereocenters. The van der Waals surface area contributed by atoms with Crippen molar-refractivity contribution in [1.82, 2.24) is 9.97 Å². The molecule has 3 rings (SSSR count). The molecule has 104 valence electrons. The highest BCUT2D eigenvalue weighted by Gasteiger charge is 2.10. The number of aromatic nitrogens is 2. The number of H-pyrrole nitrogens is 1. The van der Waals surface area contributed by atoms with E-state index in [4.69, 9.17) is 0 Å². The van der Waals surface area contributed by atoms with Crippen LogP contribution in [-0.4, -0.2) is 15.9 Å². The van der Waals surface area contributed by atoms with Crippen LogP contribution in [0.15, 0.2) is 53.6 Å². The fraction of sp³-hybridized carbons (Fsp3) is 0.0625. The molecule has 0 aliphatic rings. The summed E-state index contributed by atoms with van der Waals surface area (Å²) in [6.07, 6.45) is 3.14. The zero-order valence-corrected chi connectivity index (χ0v) is 11.4. The van der Waals surface area contributed by atoms with E-state index in [0.717, 1.165) is 10.9 Å². The van der Waals surface area contributed by atoms with Crippen molar-refractivity contribution in [3.63, 3.8) is 0 Å². The van der Waals surface area contributed by atoms with Gasteiger partial charge in [0.1, 0.15) is 5.56 Å². The lowest BCUT2D eigenvalue weighted by Gasteiger charge is -2.06. The lowest BCUT2D eigenvalue weighted by Crippen LogP contribution is -2.21. The molecule has 0 unspecified atom stereocenters. The third-order valence-electron chi connectivity index (χ3n) is 3.16. The van der Waals surface area contributed by atoms with E-state index in [-0.39, 0.29) is 11.0 Å². The number of carbonyl (C=O) groups is 1. The Hall–Kier alpha value is -2.95. The molecule has 0 fully saturated rings. The third kappa shape index (κ3) is 2.67. The molecule has 0 saturated carbocycles. The Morgan fingerprint density at radius 3 is 2.90 bits per heavy atom. The summed E-state index contributed by atoms with van der Waals surface area (Å²) in [5.41, 5.74) is 1.98. The summed E-state index contributed by atoms with van der Waals surface area (Å²) in [6, 6.07) is 10.6. The van der Waals surface area contributed by atoms with Crippen molar-refractivity contribution in [3.8, 4) is 0 Å². The number of anilines is 1. The van der Waals surface area contributed by atoms with Crippen molar-refractivity contribution in [1.29, 1.82) is 0 Å². The number of fused-ring (bicyclic) bond motifs is 1. The molecule has 1 amide bonds. The van der Waals surface area contributed by atoms with Gasteiger partial charge in [-0.1, -0.05) is 6.07 Å². The van der Waals surface area contributed by atoms with Crippen molar-refractivity contribution in [2.45, 2.75) is 6.92 Å². The second-order valence-electron chi connectivity index (χ2n) is 4.76. The minimum absolute atomic E-state index is 0.0897. The maximum atomic E-state index is 12.1. The lowest BCUT2D eigenvalue weighted by molar-refractivity contribution is 0.102. The molecule has 0 aliphatic carbocycles. The molecule has 5 nitrogen and oxygen atoms in total. The fourth-order valence-electron chi connectivity index (χ4n) is 2.10. The van der Waals surface area contributed by atoms with E-state index in [9.17, 15) is 9.59 Å². The van der Waals surface area contributed by atoms with Crippen LogP contribution in [-0.2, 0) is 0 Å². The van der Waals surface area contributed by atoms with E-state index < -0.39 is 5.91 Å². The van der Waals surface area contributed by atoms with Crippen LogP contribution < -0.4 is 10.7 Å². The summed E-state index contributed by atoms with van der Waals surface area (Å²) in [6.45, 7) is 1.76. The standard InChI is InChI=1S/C16H13N3O2/c1-10-7-15(20)13(9-18-10)16(21)19-12-4-5-14-11(8-12)3-2-6-17-14/h2-9H,1H3,(H,18,20)(H,19,21). The normalized spacial score (nSPS) is 10.5. The predicted octanol–water partition coefficient (Wildman–Crippen LogP) is 2.48. The van der Waals surface area contributed by atoms with E-state index in [2.05, 4.69) is 15.3 Å². The fourth-order valence-corrected chi connectivity index (χ4v) is 2.10. The van der Waals surface area contributed by atoms with Gasteiger partial charge in [0.2, 0.25) is 0 Å². The Morgan fingerprint density at radius 1 is 1.24 bits per heavy atom. The monoisotopic (exact) mass is 279 g/mol. The van der Waals surface area contributed by atoms with Crippen LogP contribution in [0, 0.1) is 6.92 Å². The molecule has 5 heteroatoms. The van der Waals surface area contributed by atoms with Crippen molar-refractivity contribution >= 4 is 22.5 Å². The van der Waals surface area contributed by atoms with Gasteiger partial charge in [-0.05, 0) is 31.2 Å². The van der Waals surface area contributed by atoms with Gasteiger partial charge in [-0.2, -0.15) is 0 Å². The van der Waals surface area contributed by atoms with Gasteiger partial charge in [0, 0.05) is 35.2 Å². The molecule has 21 heavy (non-hydrogen) atoms. The molecule has 0 spiro atoms. The summed E-state index contributed by atoms with van der Waals surface area (Å²) in [4.78, 5) is 31.0. The minimum atomic E-state index is -0.431. The van der Waals surface area contributed by atoms with Crippen LogP contribution in [0.3, 0.4) is 0 Å². The number of rotatable bonds is 2. The van der Waals surface area contributed by atoms with Crippen LogP contribution in [0.1, 0.15) is 16.1 Å². The van der Waals surface area contributed by atoms with Gasteiger partial charge in [0.15, 0.2) is 5.43 Å². The molecular formula is C16H13N3O2. The quantitative estimate of drug-likeness (QED) is 0.756. The summed E-state index contributed by atoms with van der Waals surface area (Å²) in [5, 5.41) is 3.65. The summed E-state index contributed by atoms with van der Waals surface area (Å²) in [5.74, 6) is -0.431. The van der Waals surface area contributed by atoms with Gasteiger partial charge < -0.3 is 10.3 Å². The number of aryl methyl sites for hydroxylation is 1. The number of carbonyl (C=O) groups excluding carboxylic acids is 1. The minimum Gasteiger partial charge on any atom is -0.364 e. The number of nitrogens with zero attached hydrogens (tertiary/aromatic N) is 1. The Bertz CT molecular complexity index is 884.